The molecule has 0 rings (SSSR count). The number of amides is 1. The Hall–Kier alpha value is -1.13. The Kier molecular flexibility index (Phi) is 36.4. The van der Waals surface area contributed by atoms with Crippen LogP contribution in [0.1, 0.15) is 213 Å². The lowest BCUT2D eigenvalue weighted by Gasteiger charge is -2.20. The third-order valence-electron chi connectivity index (χ3n) is 9.16. The van der Waals surface area contributed by atoms with Gasteiger partial charge in [0.05, 0.1) is 18.8 Å². The minimum absolute atomic E-state index is 0.0650. The van der Waals surface area contributed by atoms with Gasteiger partial charge in [-0.25, -0.2) is 0 Å². The molecule has 3 N–H and O–H groups in total. The van der Waals surface area contributed by atoms with Gasteiger partial charge in [-0.05, 0) is 38.5 Å². The van der Waals surface area contributed by atoms with Gasteiger partial charge in [-0.15, -0.1) is 0 Å². The molecule has 0 aliphatic heterocycles. The standard InChI is InChI=1S/C41H79NO3/c1-3-5-7-9-11-13-15-17-18-19-20-21-22-23-25-27-29-31-33-35-37-41(45)42-39(38-43)40(44)36-34-32-30-28-26-24-16-14-12-10-8-6-4-2/h8,10,34,36,39-40,43-44H,3-7,9,11-33,35,37-38H2,1-2H3,(H,42,45)/b10-8+,36-34+. The molecule has 266 valence electrons. The Bertz CT molecular complexity index is 647. The molecule has 0 aliphatic carbocycles. The molecule has 0 aromatic heterocycles. The summed E-state index contributed by atoms with van der Waals surface area (Å²) >= 11 is 0. The first-order valence-corrected chi connectivity index (χ1v) is 20.1. The fraction of sp³-hybridized carbons (Fsp3) is 0.878. The molecule has 0 bridgehead atoms. The van der Waals surface area contributed by atoms with E-state index in [9.17, 15) is 15.0 Å². The van der Waals surface area contributed by atoms with Gasteiger partial charge in [-0.2, -0.15) is 0 Å². The third kappa shape index (κ3) is 34.0. The second kappa shape index (κ2) is 37.3. The maximum atomic E-state index is 12.3. The Labute approximate surface area is 281 Å². The highest BCUT2D eigenvalue weighted by Crippen LogP contribution is 2.15. The molecule has 0 radical (unpaired) electrons. The maximum Gasteiger partial charge on any atom is 0.220 e. The molecular formula is C41H79NO3. The molecule has 2 atom stereocenters. The van der Waals surface area contributed by atoms with Crippen molar-refractivity contribution in [2.45, 2.75) is 225 Å². The van der Waals surface area contributed by atoms with E-state index in [-0.39, 0.29) is 12.5 Å². The van der Waals surface area contributed by atoms with Gasteiger partial charge in [0.15, 0.2) is 0 Å². The summed E-state index contributed by atoms with van der Waals surface area (Å²) < 4.78 is 0. The number of aliphatic hydroxyl groups is 2. The summed E-state index contributed by atoms with van der Waals surface area (Å²) in [6.45, 7) is 4.26. The van der Waals surface area contributed by atoms with E-state index in [1.807, 2.05) is 6.08 Å². The highest BCUT2D eigenvalue weighted by Gasteiger charge is 2.17. The SMILES string of the molecule is CCC/C=C/CCCCCCCC/C=C/C(O)C(CO)NC(=O)CCCCCCCCCCCCCCCCCCCCCC. The minimum Gasteiger partial charge on any atom is -0.394 e. The summed E-state index contributed by atoms with van der Waals surface area (Å²) in [4.78, 5) is 12.3. The normalized spacial score (nSPS) is 13.2. The fourth-order valence-corrected chi connectivity index (χ4v) is 6.06. The van der Waals surface area contributed by atoms with Crippen molar-refractivity contribution in [2.24, 2.45) is 0 Å². The monoisotopic (exact) mass is 634 g/mol. The molecule has 0 spiro atoms. The molecule has 0 heterocycles. The van der Waals surface area contributed by atoms with Crippen LogP contribution < -0.4 is 5.32 Å². The van der Waals surface area contributed by atoms with Gasteiger partial charge in [0.2, 0.25) is 5.91 Å². The van der Waals surface area contributed by atoms with Crippen LogP contribution in [0.2, 0.25) is 0 Å². The summed E-state index contributed by atoms with van der Waals surface area (Å²) in [6.07, 6.45) is 47.0. The number of allylic oxidation sites excluding steroid dienone is 3. The molecule has 4 nitrogen and oxygen atoms in total. The number of aliphatic hydroxyl groups excluding tert-OH is 2. The highest BCUT2D eigenvalue weighted by molar-refractivity contribution is 5.76. The molecule has 0 aromatic rings. The predicted molar refractivity (Wildman–Crippen MR) is 198 cm³/mol. The van der Waals surface area contributed by atoms with E-state index in [0.29, 0.717) is 6.42 Å². The van der Waals surface area contributed by atoms with Crippen molar-refractivity contribution >= 4 is 5.91 Å². The van der Waals surface area contributed by atoms with Crippen LogP contribution in [-0.2, 0) is 4.79 Å². The summed E-state index contributed by atoms with van der Waals surface area (Å²) in [7, 11) is 0. The largest absolute Gasteiger partial charge is 0.394 e. The first-order chi connectivity index (χ1) is 22.2. The van der Waals surface area contributed by atoms with E-state index < -0.39 is 12.1 Å². The summed E-state index contributed by atoms with van der Waals surface area (Å²) in [5, 5.41) is 22.9. The number of hydrogen-bond acceptors (Lipinski definition) is 3. The van der Waals surface area contributed by atoms with Crippen molar-refractivity contribution in [2.75, 3.05) is 6.61 Å². The van der Waals surface area contributed by atoms with Crippen LogP contribution in [0.5, 0.6) is 0 Å². The molecule has 4 heteroatoms. The Balaban J connectivity index is 3.54. The summed E-state index contributed by atoms with van der Waals surface area (Å²) in [6, 6.07) is -0.620. The van der Waals surface area contributed by atoms with Crippen molar-refractivity contribution < 1.29 is 15.0 Å². The Morgan fingerprint density at radius 3 is 1.31 bits per heavy atom. The van der Waals surface area contributed by atoms with E-state index in [1.165, 1.54) is 167 Å². The van der Waals surface area contributed by atoms with Gasteiger partial charge in [-0.1, -0.05) is 192 Å². The molecule has 0 saturated heterocycles. The summed E-state index contributed by atoms with van der Waals surface area (Å²) in [5.41, 5.74) is 0. The molecule has 0 saturated carbocycles. The predicted octanol–water partition coefficient (Wildman–Crippen LogP) is 12.1. The lowest BCUT2D eigenvalue weighted by molar-refractivity contribution is -0.123. The van der Waals surface area contributed by atoms with Gasteiger partial charge in [0, 0.05) is 6.42 Å². The number of unbranched alkanes of at least 4 members (excludes halogenated alkanes) is 27. The number of nitrogens with one attached hydrogen (secondary N) is 1. The van der Waals surface area contributed by atoms with E-state index >= 15 is 0 Å². The molecule has 0 fully saturated rings. The average molecular weight is 634 g/mol. The van der Waals surface area contributed by atoms with Crippen LogP contribution in [0, 0.1) is 0 Å². The molecule has 2 unspecified atom stereocenters. The first kappa shape index (κ1) is 43.9. The zero-order valence-corrected chi connectivity index (χ0v) is 30.4. The second-order valence-electron chi connectivity index (χ2n) is 13.7. The zero-order chi connectivity index (χ0) is 32.9. The van der Waals surface area contributed by atoms with Crippen molar-refractivity contribution in [3.8, 4) is 0 Å². The summed E-state index contributed by atoms with van der Waals surface area (Å²) in [5.74, 6) is -0.0650. The fourth-order valence-electron chi connectivity index (χ4n) is 6.06. The number of carbonyl (C=O) groups is 1. The Morgan fingerprint density at radius 1 is 0.511 bits per heavy atom. The van der Waals surface area contributed by atoms with Crippen LogP contribution in [0.3, 0.4) is 0 Å². The average Bonchev–Trinajstić information content (AvgIpc) is 3.04. The van der Waals surface area contributed by atoms with Crippen LogP contribution in [0.25, 0.3) is 0 Å². The van der Waals surface area contributed by atoms with E-state index in [0.717, 1.165) is 25.7 Å². The van der Waals surface area contributed by atoms with Gasteiger partial charge in [0.1, 0.15) is 0 Å². The smallest absolute Gasteiger partial charge is 0.220 e. The van der Waals surface area contributed by atoms with Gasteiger partial charge in [-0.3, -0.25) is 4.79 Å². The van der Waals surface area contributed by atoms with E-state index in [4.69, 9.17) is 0 Å². The van der Waals surface area contributed by atoms with E-state index in [1.54, 1.807) is 6.08 Å². The van der Waals surface area contributed by atoms with Gasteiger partial charge >= 0.3 is 0 Å². The number of carbonyl (C=O) groups excluding carboxylic acids is 1. The minimum atomic E-state index is -0.838. The van der Waals surface area contributed by atoms with Gasteiger partial charge < -0.3 is 15.5 Å². The molecule has 45 heavy (non-hydrogen) atoms. The van der Waals surface area contributed by atoms with Crippen molar-refractivity contribution in [1.82, 2.24) is 5.32 Å². The number of rotatable bonds is 36. The van der Waals surface area contributed by atoms with E-state index in [2.05, 4.69) is 31.3 Å². The quantitative estimate of drug-likeness (QED) is 0.0475. The molecule has 1 amide bonds. The van der Waals surface area contributed by atoms with Crippen molar-refractivity contribution in [1.29, 1.82) is 0 Å². The van der Waals surface area contributed by atoms with Crippen LogP contribution in [-0.4, -0.2) is 34.9 Å². The van der Waals surface area contributed by atoms with Crippen molar-refractivity contribution in [3.63, 3.8) is 0 Å². The van der Waals surface area contributed by atoms with Gasteiger partial charge in [0.25, 0.3) is 0 Å². The number of hydrogen-bond donors (Lipinski definition) is 3. The Morgan fingerprint density at radius 2 is 0.889 bits per heavy atom. The first-order valence-electron chi connectivity index (χ1n) is 20.1. The lowest BCUT2D eigenvalue weighted by atomic mass is 10.0. The van der Waals surface area contributed by atoms with Crippen LogP contribution in [0.4, 0.5) is 0 Å². The lowest BCUT2D eigenvalue weighted by Crippen LogP contribution is -2.45. The highest BCUT2D eigenvalue weighted by atomic mass is 16.3. The topological polar surface area (TPSA) is 69.6 Å². The van der Waals surface area contributed by atoms with Crippen LogP contribution in [0.15, 0.2) is 24.3 Å². The third-order valence-corrected chi connectivity index (χ3v) is 9.16. The molecule has 0 aromatic carbocycles. The second-order valence-corrected chi connectivity index (χ2v) is 13.7. The molecular weight excluding hydrogens is 554 g/mol. The maximum absolute atomic E-state index is 12.3. The molecule has 0 aliphatic rings. The zero-order valence-electron chi connectivity index (χ0n) is 30.4. The van der Waals surface area contributed by atoms with Crippen LogP contribution >= 0.6 is 0 Å². The van der Waals surface area contributed by atoms with Crippen molar-refractivity contribution in [3.05, 3.63) is 24.3 Å².